The Bertz CT molecular complexity index is 496. The van der Waals surface area contributed by atoms with Gasteiger partial charge in [0.05, 0.1) is 17.9 Å². The smallest absolute Gasteiger partial charge is 0.329 e. The molecule has 2 saturated carbocycles. The fourth-order valence-electron chi connectivity index (χ4n) is 4.36. The van der Waals surface area contributed by atoms with Crippen LogP contribution in [-0.4, -0.2) is 48.0 Å². The Morgan fingerprint density at radius 1 is 1.00 bits per heavy atom. The summed E-state index contributed by atoms with van der Waals surface area (Å²) in [5.74, 6) is -1.31. The average molecular weight is 337 g/mol. The van der Waals surface area contributed by atoms with Crippen LogP contribution in [0.5, 0.6) is 0 Å². The van der Waals surface area contributed by atoms with E-state index in [0.29, 0.717) is 6.42 Å². The predicted octanol–water partition coefficient (Wildman–Crippen LogP) is 2.05. The van der Waals surface area contributed by atoms with Crippen LogP contribution < -0.4 is 0 Å². The minimum absolute atomic E-state index is 0.116. The Morgan fingerprint density at radius 3 is 2.17 bits per heavy atom. The number of rotatable bonds is 4. The summed E-state index contributed by atoms with van der Waals surface area (Å²) in [4.78, 5) is 38.8. The number of likely N-dealkylation sites (tertiary alicyclic amines) is 1. The molecule has 3 fully saturated rings. The van der Waals surface area contributed by atoms with Crippen molar-refractivity contribution in [3.8, 4) is 0 Å². The molecule has 0 aromatic carbocycles. The lowest BCUT2D eigenvalue weighted by molar-refractivity contribution is -0.164. The molecule has 6 heteroatoms. The Hall–Kier alpha value is -1.43. The topological polar surface area (TPSA) is 72.9 Å². The van der Waals surface area contributed by atoms with Gasteiger partial charge < -0.3 is 9.47 Å². The number of hydrogen-bond acceptors (Lipinski definition) is 5. The van der Waals surface area contributed by atoms with Gasteiger partial charge in [-0.2, -0.15) is 0 Å². The summed E-state index contributed by atoms with van der Waals surface area (Å²) in [5, 5.41) is 0. The highest BCUT2D eigenvalue weighted by atomic mass is 16.5. The number of hydrogen-bond donors (Lipinski definition) is 0. The quantitative estimate of drug-likeness (QED) is 0.580. The molecule has 1 saturated heterocycles. The minimum Gasteiger partial charge on any atom is -0.461 e. The van der Waals surface area contributed by atoms with Gasteiger partial charge in [-0.25, -0.2) is 4.79 Å². The van der Waals surface area contributed by atoms with Crippen molar-refractivity contribution in [1.29, 1.82) is 0 Å². The van der Waals surface area contributed by atoms with Crippen LogP contribution in [-0.2, 0) is 23.9 Å². The van der Waals surface area contributed by atoms with E-state index in [-0.39, 0.29) is 35.9 Å². The monoisotopic (exact) mass is 337 g/mol. The molecule has 0 bridgehead atoms. The fourth-order valence-corrected chi connectivity index (χ4v) is 4.36. The number of imide groups is 1. The van der Waals surface area contributed by atoms with E-state index < -0.39 is 12.0 Å². The highest BCUT2D eigenvalue weighted by Gasteiger charge is 2.51. The van der Waals surface area contributed by atoms with E-state index in [9.17, 15) is 14.4 Å². The van der Waals surface area contributed by atoms with Crippen LogP contribution in [0.3, 0.4) is 0 Å². The van der Waals surface area contributed by atoms with Gasteiger partial charge in [0.25, 0.3) is 0 Å². The molecular formula is C18H27NO5. The van der Waals surface area contributed by atoms with E-state index in [2.05, 4.69) is 0 Å². The van der Waals surface area contributed by atoms with Crippen molar-refractivity contribution in [3.63, 3.8) is 0 Å². The summed E-state index contributed by atoms with van der Waals surface area (Å²) in [7, 11) is 1.67. The molecule has 0 aromatic heterocycles. The third-order valence-corrected chi connectivity index (χ3v) is 5.80. The summed E-state index contributed by atoms with van der Waals surface area (Å²) in [6.07, 6.45) is 6.83. The van der Waals surface area contributed by atoms with Crippen molar-refractivity contribution in [2.45, 2.75) is 76.5 Å². The van der Waals surface area contributed by atoms with Crippen molar-refractivity contribution in [2.75, 3.05) is 7.11 Å². The Morgan fingerprint density at radius 2 is 1.58 bits per heavy atom. The van der Waals surface area contributed by atoms with E-state index >= 15 is 0 Å². The highest BCUT2D eigenvalue weighted by molar-refractivity contribution is 6.07. The van der Waals surface area contributed by atoms with E-state index in [4.69, 9.17) is 9.47 Å². The summed E-state index contributed by atoms with van der Waals surface area (Å²) in [6, 6.07) is -0.835. The minimum atomic E-state index is -0.835. The fraction of sp³-hybridized carbons (Fsp3) is 0.833. The first kappa shape index (κ1) is 17.4. The van der Waals surface area contributed by atoms with Gasteiger partial charge in [0.15, 0.2) is 0 Å². The first-order valence-electron chi connectivity index (χ1n) is 9.13. The van der Waals surface area contributed by atoms with Gasteiger partial charge in [-0.05, 0) is 39.0 Å². The van der Waals surface area contributed by atoms with E-state index in [0.717, 1.165) is 44.9 Å². The molecule has 6 nitrogen and oxygen atoms in total. The first-order valence-corrected chi connectivity index (χ1v) is 9.13. The van der Waals surface area contributed by atoms with Crippen LogP contribution in [0, 0.1) is 11.8 Å². The molecule has 0 N–H and O–H groups in total. The normalized spacial score (nSPS) is 34.8. The van der Waals surface area contributed by atoms with Crippen molar-refractivity contribution >= 4 is 17.8 Å². The van der Waals surface area contributed by atoms with Crippen LogP contribution in [0.4, 0.5) is 0 Å². The second-order valence-corrected chi connectivity index (χ2v) is 7.30. The van der Waals surface area contributed by atoms with Crippen LogP contribution >= 0.6 is 0 Å². The highest BCUT2D eigenvalue weighted by Crippen LogP contribution is 2.39. The summed E-state index contributed by atoms with van der Waals surface area (Å²) >= 11 is 0. The van der Waals surface area contributed by atoms with Crippen LogP contribution in [0.25, 0.3) is 0 Å². The van der Waals surface area contributed by atoms with Gasteiger partial charge in [0.1, 0.15) is 12.1 Å². The maximum atomic E-state index is 12.6. The van der Waals surface area contributed by atoms with Gasteiger partial charge in [0, 0.05) is 13.5 Å². The molecule has 3 aliphatic rings. The van der Waals surface area contributed by atoms with E-state index in [1.807, 2.05) is 0 Å². The van der Waals surface area contributed by atoms with Gasteiger partial charge in [0.2, 0.25) is 11.8 Å². The van der Waals surface area contributed by atoms with Crippen molar-refractivity contribution in [2.24, 2.45) is 11.8 Å². The molecule has 3 rings (SSSR count). The number of esters is 1. The van der Waals surface area contributed by atoms with Crippen molar-refractivity contribution in [1.82, 2.24) is 4.90 Å². The van der Waals surface area contributed by atoms with Crippen LogP contribution in [0.2, 0.25) is 0 Å². The SMILES string of the molecule is CO[C@@H]1CCC[C@H](OC(=O)[C@@H](C)N2C(=O)[C@H]3CCCC[C@H]3C2=O)C1. The maximum Gasteiger partial charge on any atom is 0.329 e. The zero-order valence-electron chi connectivity index (χ0n) is 14.5. The number of ether oxygens (including phenoxy) is 2. The second-order valence-electron chi connectivity index (χ2n) is 7.30. The maximum absolute atomic E-state index is 12.6. The lowest BCUT2D eigenvalue weighted by atomic mass is 9.81. The summed E-state index contributed by atoms with van der Waals surface area (Å²) < 4.78 is 10.9. The Kier molecular flexibility index (Phi) is 5.23. The molecule has 0 radical (unpaired) electrons. The largest absolute Gasteiger partial charge is 0.461 e. The lowest BCUT2D eigenvalue weighted by Gasteiger charge is -2.30. The number of carbonyl (C=O) groups excluding carboxylic acids is 3. The van der Waals surface area contributed by atoms with E-state index in [1.165, 1.54) is 4.90 Å². The van der Waals surface area contributed by atoms with Gasteiger partial charge in [-0.3, -0.25) is 14.5 Å². The molecule has 24 heavy (non-hydrogen) atoms. The molecule has 1 heterocycles. The van der Waals surface area contributed by atoms with Crippen molar-refractivity contribution in [3.05, 3.63) is 0 Å². The molecule has 0 aromatic rings. The van der Waals surface area contributed by atoms with Gasteiger partial charge in [-0.1, -0.05) is 12.8 Å². The number of carbonyl (C=O) groups is 3. The molecule has 5 atom stereocenters. The molecule has 0 unspecified atom stereocenters. The number of nitrogens with zero attached hydrogens (tertiary/aromatic N) is 1. The number of methoxy groups -OCH3 is 1. The molecular weight excluding hydrogens is 310 g/mol. The van der Waals surface area contributed by atoms with E-state index in [1.54, 1.807) is 14.0 Å². The molecule has 2 aliphatic carbocycles. The summed E-state index contributed by atoms with van der Waals surface area (Å²) in [6.45, 7) is 1.60. The summed E-state index contributed by atoms with van der Waals surface area (Å²) in [5.41, 5.74) is 0. The van der Waals surface area contributed by atoms with Gasteiger partial charge >= 0.3 is 5.97 Å². The lowest BCUT2D eigenvalue weighted by Crippen LogP contribution is -2.45. The third-order valence-electron chi connectivity index (χ3n) is 5.80. The Balaban J connectivity index is 1.63. The standard InChI is InChI=1S/C18H27NO5/c1-11(18(22)24-13-7-5-6-12(10-13)23-2)19-16(20)14-8-3-4-9-15(14)17(19)21/h11-15H,3-10H2,1-2H3/t11-,12-,13+,14-,15+/m1/s1. The third kappa shape index (κ3) is 3.21. The van der Waals surface area contributed by atoms with Gasteiger partial charge in [-0.15, -0.1) is 0 Å². The van der Waals surface area contributed by atoms with Crippen LogP contribution in [0.1, 0.15) is 58.3 Å². The van der Waals surface area contributed by atoms with Crippen LogP contribution in [0.15, 0.2) is 0 Å². The van der Waals surface area contributed by atoms with Crippen molar-refractivity contribution < 1.29 is 23.9 Å². The number of amides is 2. The second kappa shape index (κ2) is 7.21. The average Bonchev–Trinajstić information content (AvgIpc) is 2.86. The Labute approximate surface area is 142 Å². The zero-order valence-corrected chi connectivity index (χ0v) is 14.5. The molecule has 1 aliphatic heterocycles. The predicted molar refractivity (Wildman–Crippen MR) is 85.9 cm³/mol. The molecule has 0 spiro atoms. The zero-order chi connectivity index (χ0) is 17.3. The molecule has 2 amide bonds. The number of fused-ring (bicyclic) bond motifs is 1. The molecule has 134 valence electrons. The first-order chi connectivity index (χ1) is 11.5.